The minimum atomic E-state index is -0.583. The zero-order valence-electron chi connectivity index (χ0n) is 13.1. The number of hydrogen-bond donors (Lipinski definition) is 1. The molecule has 0 aliphatic heterocycles. The highest BCUT2D eigenvalue weighted by molar-refractivity contribution is 6.31. The number of nitrogens with one attached hydrogen (secondary N) is 1. The lowest BCUT2D eigenvalue weighted by molar-refractivity contribution is 0.200. The number of rotatable bonds is 6. The number of nitrogens with zero attached hydrogens (tertiary/aromatic N) is 2. The van der Waals surface area contributed by atoms with Gasteiger partial charge in [0.1, 0.15) is 0 Å². The summed E-state index contributed by atoms with van der Waals surface area (Å²) in [7, 11) is 4.82. The normalized spacial score (nSPS) is 10.3. The molecule has 8 heteroatoms. The molecule has 0 saturated carbocycles. The summed E-state index contributed by atoms with van der Waals surface area (Å²) < 4.78 is 16.9. The lowest BCUT2D eigenvalue weighted by Gasteiger charge is -2.10. The third-order valence-electron chi connectivity index (χ3n) is 3.17. The van der Waals surface area contributed by atoms with Gasteiger partial charge in [0.25, 0.3) is 0 Å². The average molecular weight is 340 g/mol. The van der Waals surface area contributed by atoms with Gasteiger partial charge in [0.2, 0.25) is 0 Å². The molecule has 0 aliphatic rings. The van der Waals surface area contributed by atoms with Crippen LogP contribution in [0.5, 0.6) is 17.2 Å². The first-order valence-electron chi connectivity index (χ1n) is 6.89. The lowest BCUT2D eigenvalue weighted by atomic mass is 10.1. The number of carbonyl (C=O) groups excluding carboxylic acids is 1. The Hall–Kier alpha value is -2.41. The molecule has 124 valence electrons. The summed E-state index contributed by atoms with van der Waals surface area (Å²) in [5, 5.41) is 6.80. The van der Waals surface area contributed by atoms with Crippen LogP contribution in [-0.4, -0.2) is 36.6 Å². The Balaban J connectivity index is 1.85. The number of methoxy groups -OCH3 is 2. The van der Waals surface area contributed by atoms with E-state index in [1.807, 2.05) is 18.2 Å². The van der Waals surface area contributed by atoms with Crippen molar-refractivity contribution in [3.05, 3.63) is 35.1 Å². The predicted octanol–water partition coefficient (Wildman–Crippen LogP) is 2.42. The van der Waals surface area contributed by atoms with E-state index in [9.17, 15) is 4.79 Å². The predicted molar refractivity (Wildman–Crippen MR) is 85.5 cm³/mol. The average Bonchev–Trinajstić information content (AvgIpc) is 2.86. The number of amides is 1. The Morgan fingerprint density at radius 1 is 1.26 bits per heavy atom. The highest BCUT2D eigenvalue weighted by Gasteiger charge is 2.11. The molecule has 1 amide bonds. The molecule has 0 saturated heterocycles. The standard InChI is InChI=1S/C15H18ClN3O4/c1-19-14(16)13(9-18-19)23-15(20)17-7-6-10-4-5-11(21-2)12(8-10)22-3/h4-5,8-9H,6-7H2,1-3H3,(H,17,20). The maximum Gasteiger partial charge on any atom is 0.412 e. The number of carbonyl (C=O) groups is 1. The molecule has 2 aromatic rings. The summed E-state index contributed by atoms with van der Waals surface area (Å²) >= 11 is 5.91. The number of hydrogen-bond acceptors (Lipinski definition) is 5. The van der Waals surface area contributed by atoms with Crippen molar-refractivity contribution in [2.45, 2.75) is 6.42 Å². The molecule has 0 aliphatic carbocycles. The molecular formula is C15H18ClN3O4. The molecule has 1 N–H and O–H groups in total. The van der Waals surface area contributed by atoms with Gasteiger partial charge in [-0.2, -0.15) is 5.10 Å². The third-order valence-corrected chi connectivity index (χ3v) is 3.60. The topological polar surface area (TPSA) is 74.6 Å². The largest absolute Gasteiger partial charge is 0.493 e. The Morgan fingerprint density at radius 3 is 2.61 bits per heavy atom. The first-order valence-corrected chi connectivity index (χ1v) is 7.27. The molecule has 1 aromatic heterocycles. The van der Waals surface area contributed by atoms with E-state index in [0.29, 0.717) is 24.5 Å². The zero-order chi connectivity index (χ0) is 16.8. The van der Waals surface area contributed by atoms with Gasteiger partial charge in [0, 0.05) is 13.6 Å². The number of halogens is 1. The number of ether oxygens (including phenoxy) is 3. The van der Waals surface area contributed by atoms with Gasteiger partial charge >= 0.3 is 6.09 Å². The Morgan fingerprint density at radius 2 is 2.00 bits per heavy atom. The number of aryl methyl sites for hydroxylation is 1. The van der Waals surface area contributed by atoms with Crippen LogP contribution in [0.3, 0.4) is 0 Å². The SMILES string of the molecule is COc1ccc(CCNC(=O)Oc2cnn(C)c2Cl)cc1OC. The second-order valence-electron chi connectivity index (χ2n) is 4.68. The van der Waals surface area contributed by atoms with Gasteiger partial charge in [-0.3, -0.25) is 4.68 Å². The van der Waals surface area contributed by atoms with Crippen molar-refractivity contribution in [1.29, 1.82) is 0 Å². The van der Waals surface area contributed by atoms with Gasteiger partial charge in [-0.15, -0.1) is 0 Å². The van der Waals surface area contributed by atoms with Crippen LogP contribution in [-0.2, 0) is 13.5 Å². The highest BCUT2D eigenvalue weighted by atomic mass is 35.5. The minimum absolute atomic E-state index is 0.220. The van der Waals surface area contributed by atoms with Gasteiger partial charge in [0.05, 0.1) is 20.4 Å². The molecule has 0 spiro atoms. The molecule has 1 aromatic carbocycles. The second-order valence-corrected chi connectivity index (χ2v) is 5.04. The number of aromatic nitrogens is 2. The van der Waals surface area contributed by atoms with E-state index in [1.165, 1.54) is 10.9 Å². The maximum absolute atomic E-state index is 11.7. The molecular weight excluding hydrogens is 322 g/mol. The molecule has 2 rings (SSSR count). The zero-order valence-corrected chi connectivity index (χ0v) is 13.9. The summed E-state index contributed by atoms with van der Waals surface area (Å²) in [6, 6.07) is 5.60. The molecule has 0 unspecified atom stereocenters. The van der Waals surface area contributed by atoms with Gasteiger partial charge in [-0.1, -0.05) is 17.7 Å². The van der Waals surface area contributed by atoms with E-state index in [2.05, 4.69) is 10.4 Å². The van der Waals surface area contributed by atoms with Crippen LogP contribution in [0.1, 0.15) is 5.56 Å². The van der Waals surface area contributed by atoms with Crippen molar-refractivity contribution < 1.29 is 19.0 Å². The lowest BCUT2D eigenvalue weighted by Crippen LogP contribution is -2.28. The van der Waals surface area contributed by atoms with E-state index in [-0.39, 0.29) is 10.9 Å². The van der Waals surface area contributed by atoms with E-state index >= 15 is 0 Å². The number of benzene rings is 1. The smallest absolute Gasteiger partial charge is 0.412 e. The Labute approximate surface area is 139 Å². The Bertz CT molecular complexity index is 687. The van der Waals surface area contributed by atoms with E-state index < -0.39 is 6.09 Å². The summed E-state index contributed by atoms with van der Waals surface area (Å²) in [5.41, 5.74) is 1.00. The van der Waals surface area contributed by atoms with Crippen molar-refractivity contribution in [2.24, 2.45) is 7.05 Å². The van der Waals surface area contributed by atoms with E-state index in [4.69, 9.17) is 25.8 Å². The van der Waals surface area contributed by atoms with Crippen LogP contribution < -0.4 is 19.5 Å². The Kier molecular flexibility index (Phi) is 5.70. The monoisotopic (exact) mass is 339 g/mol. The van der Waals surface area contributed by atoms with Crippen molar-refractivity contribution >= 4 is 17.7 Å². The third kappa shape index (κ3) is 4.29. The molecule has 7 nitrogen and oxygen atoms in total. The van der Waals surface area contributed by atoms with Crippen LogP contribution in [0.15, 0.2) is 24.4 Å². The van der Waals surface area contributed by atoms with Crippen LogP contribution in [0.25, 0.3) is 0 Å². The van der Waals surface area contributed by atoms with Crippen LogP contribution >= 0.6 is 11.6 Å². The van der Waals surface area contributed by atoms with E-state index in [0.717, 1.165) is 5.56 Å². The molecule has 0 atom stereocenters. The van der Waals surface area contributed by atoms with Gasteiger partial charge in [-0.05, 0) is 24.1 Å². The minimum Gasteiger partial charge on any atom is -0.493 e. The van der Waals surface area contributed by atoms with Crippen LogP contribution in [0, 0.1) is 0 Å². The van der Waals surface area contributed by atoms with Crippen LogP contribution in [0.4, 0.5) is 4.79 Å². The molecule has 0 radical (unpaired) electrons. The van der Waals surface area contributed by atoms with Crippen molar-refractivity contribution in [1.82, 2.24) is 15.1 Å². The van der Waals surface area contributed by atoms with Crippen molar-refractivity contribution in [3.63, 3.8) is 0 Å². The summed E-state index contributed by atoms with van der Waals surface area (Å²) in [6.45, 7) is 0.409. The summed E-state index contributed by atoms with van der Waals surface area (Å²) in [6.07, 6.45) is 1.42. The fraction of sp³-hybridized carbons (Fsp3) is 0.333. The fourth-order valence-electron chi connectivity index (χ4n) is 1.95. The van der Waals surface area contributed by atoms with E-state index in [1.54, 1.807) is 21.3 Å². The maximum atomic E-state index is 11.7. The highest BCUT2D eigenvalue weighted by Crippen LogP contribution is 2.27. The van der Waals surface area contributed by atoms with Gasteiger partial charge < -0.3 is 19.5 Å². The van der Waals surface area contributed by atoms with Gasteiger partial charge in [0.15, 0.2) is 22.4 Å². The molecule has 0 fully saturated rings. The summed E-state index contributed by atoms with van der Waals surface area (Å²) in [4.78, 5) is 11.7. The van der Waals surface area contributed by atoms with Crippen LogP contribution in [0.2, 0.25) is 5.15 Å². The first-order chi connectivity index (χ1) is 11.0. The molecule has 0 bridgehead atoms. The van der Waals surface area contributed by atoms with Crippen molar-refractivity contribution in [2.75, 3.05) is 20.8 Å². The molecule has 1 heterocycles. The quantitative estimate of drug-likeness (QED) is 0.874. The summed E-state index contributed by atoms with van der Waals surface area (Å²) in [5.74, 6) is 1.53. The fourth-order valence-corrected chi connectivity index (χ4v) is 2.08. The first kappa shape index (κ1) is 17.0. The van der Waals surface area contributed by atoms with Crippen molar-refractivity contribution in [3.8, 4) is 17.2 Å². The van der Waals surface area contributed by atoms with Gasteiger partial charge in [-0.25, -0.2) is 4.79 Å². The second kappa shape index (κ2) is 7.73. The molecule has 23 heavy (non-hydrogen) atoms.